The van der Waals surface area contributed by atoms with E-state index in [9.17, 15) is 0 Å². The zero-order chi connectivity index (χ0) is 41.9. The largest absolute Gasteiger partial charge is 0.456 e. The highest BCUT2D eigenvalue weighted by Gasteiger charge is 2.22. The number of rotatable bonds is 5. The van der Waals surface area contributed by atoms with Crippen molar-refractivity contribution in [3.63, 3.8) is 0 Å². The molecule has 0 amide bonds. The van der Waals surface area contributed by atoms with Gasteiger partial charge in [0.25, 0.3) is 0 Å². The second kappa shape index (κ2) is 13.5. The normalized spacial score (nSPS) is 12.1. The standard InChI is InChI=1S/C62H37NO/c1-2-11-43-36-44(27-24-38(43)10-1)39-28-32-46(33-29-39)63(47-34-30-40(31-35-47)48-16-9-23-57-61(48)54-15-3-4-22-56(54)64-57)55-37-45-14-7-19-50-49-17-5-12-41-25-26-42-13-6-18-51(59(42)58(41)49)52-20-8-21-53(55)62(52)60(45)50/h1-37H. The van der Waals surface area contributed by atoms with Gasteiger partial charge in [-0.05, 0) is 135 Å². The van der Waals surface area contributed by atoms with Gasteiger partial charge in [-0.2, -0.15) is 0 Å². The van der Waals surface area contributed by atoms with E-state index in [1.807, 2.05) is 6.07 Å². The van der Waals surface area contributed by atoms with Crippen LogP contribution < -0.4 is 4.90 Å². The van der Waals surface area contributed by atoms with Crippen molar-refractivity contribution in [2.75, 3.05) is 4.90 Å². The van der Waals surface area contributed by atoms with E-state index in [2.05, 4.69) is 223 Å². The van der Waals surface area contributed by atoms with E-state index in [0.717, 1.165) is 50.1 Å². The third kappa shape index (κ3) is 5.14. The first-order chi connectivity index (χ1) is 31.7. The Hall–Kier alpha value is -8.46. The molecule has 2 nitrogen and oxygen atoms in total. The molecule has 0 spiro atoms. The SMILES string of the molecule is c1ccc2cc(-c3ccc(N(c4ccc(-c5cccc6oc7ccccc7c56)cc4)c4cc5cccc6c7cccc8ccc9cccc(c%10cccc4c%10c56)c9c87)cc3)ccc2c1. The van der Waals surface area contributed by atoms with E-state index in [0.29, 0.717) is 0 Å². The molecule has 0 atom stereocenters. The van der Waals surface area contributed by atoms with Gasteiger partial charge in [-0.15, -0.1) is 0 Å². The van der Waals surface area contributed by atoms with Crippen LogP contribution in [0.25, 0.3) is 120 Å². The molecule has 14 rings (SSSR count). The lowest BCUT2D eigenvalue weighted by atomic mass is 9.87. The van der Waals surface area contributed by atoms with Crippen LogP contribution in [0.1, 0.15) is 0 Å². The minimum atomic E-state index is 0.899. The van der Waals surface area contributed by atoms with Gasteiger partial charge in [0.15, 0.2) is 0 Å². The molecule has 1 aromatic heterocycles. The zero-order valence-electron chi connectivity index (χ0n) is 34.7. The van der Waals surface area contributed by atoms with Crippen LogP contribution in [-0.4, -0.2) is 0 Å². The fourth-order valence-electron chi connectivity index (χ4n) is 10.9. The average molecular weight is 812 g/mol. The summed E-state index contributed by atoms with van der Waals surface area (Å²) in [6.45, 7) is 0. The van der Waals surface area contributed by atoms with Crippen LogP contribution in [0.2, 0.25) is 0 Å². The summed E-state index contributed by atoms with van der Waals surface area (Å²) in [5, 5.41) is 20.0. The summed E-state index contributed by atoms with van der Waals surface area (Å²) in [6.07, 6.45) is 0. The van der Waals surface area contributed by atoms with Crippen LogP contribution in [0.15, 0.2) is 229 Å². The lowest BCUT2D eigenvalue weighted by Gasteiger charge is -2.28. The van der Waals surface area contributed by atoms with Gasteiger partial charge in [-0.25, -0.2) is 0 Å². The van der Waals surface area contributed by atoms with Crippen LogP contribution in [0, 0.1) is 0 Å². The van der Waals surface area contributed by atoms with Crippen molar-refractivity contribution in [1.29, 1.82) is 0 Å². The van der Waals surface area contributed by atoms with E-state index in [1.54, 1.807) is 0 Å². The maximum Gasteiger partial charge on any atom is 0.136 e. The third-order valence-electron chi connectivity index (χ3n) is 13.7. The molecule has 0 aliphatic heterocycles. The average Bonchev–Trinajstić information content (AvgIpc) is 3.75. The molecular weight excluding hydrogens is 775 g/mol. The molecule has 0 aliphatic carbocycles. The van der Waals surface area contributed by atoms with Crippen molar-refractivity contribution < 1.29 is 4.42 Å². The minimum absolute atomic E-state index is 0.899. The van der Waals surface area contributed by atoms with Crippen LogP contribution >= 0.6 is 0 Å². The van der Waals surface area contributed by atoms with Crippen molar-refractivity contribution in [3.8, 4) is 22.3 Å². The number of hydrogen-bond acceptors (Lipinski definition) is 2. The first-order valence-electron chi connectivity index (χ1n) is 22.1. The Balaban J connectivity index is 1.03. The van der Waals surface area contributed by atoms with Crippen molar-refractivity contribution >= 4 is 114 Å². The molecule has 0 bridgehead atoms. The van der Waals surface area contributed by atoms with Crippen molar-refractivity contribution in [2.24, 2.45) is 0 Å². The Morgan fingerprint density at radius 3 is 1.47 bits per heavy atom. The van der Waals surface area contributed by atoms with E-state index in [-0.39, 0.29) is 0 Å². The Morgan fingerprint density at radius 2 is 0.750 bits per heavy atom. The quantitative estimate of drug-likeness (QED) is 0.161. The summed E-state index contributed by atoms with van der Waals surface area (Å²) in [7, 11) is 0. The maximum absolute atomic E-state index is 6.32. The van der Waals surface area contributed by atoms with Gasteiger partial charge in [-0.3, -0.25) is 0 Å². The highest BCUT2D eigenvalue weighted by Crippen LogP contribution is 2.49. The van der Waals surface area contributed by atoms with Crippen LogP contribution in [0.5, 0.6) is 0 Å². The van der Waals surface area contributed by atoms with Gasteiger partial charge in [0.05, 0.1) is 5.69 Å². The molecule has 0 fully saturated rings. The fraction of sp³-hybridized carbons (Fsp3) is 0. The third-order valence-corrected chi connectivity index (χ3v) is 13.7. The molecule has 296 valence electrons. The number of benzene rings is 12. The van der Waals surface area contributed by atoms with Gasteiger partial charge in [0.1, 0.15) is 11.2 Å². The number of anilines is 3. The number of hydrogen-bond donors (Lipinski definition) is 0. The van der Waals surface area contributed by atoms with Gasteiger partial charge >= 0.3 is 0 Å². The van der Waals surface area contributed by atoms with Gasteiger partial charge < -0.3 is 9.32 Å². The molecule has 0 saturated heterocycles. The molecular formula is C62H37NO. The highest BCUT2D eigenvalue weighted by molar-refractivity contribution is 6.38. The molecule has 0 unspecified atom stereocenters. The minimum Gasteiger partial charge on any atom is -0.456 e. The molecule has 1 heterocycles. The second-order valence-electron chi connectivity index (χ2n) is 17.2. The summed E-state index contributed by atoms with van der Waals surface area (Å²) < 4.78 is 6.32. The first-order valence-corrected chi connectivity index (χ1v) is 22.1. The lowest BCUT2D eigenvalue weighted by Crippen LogP contribution is -2.10. The monoisotopic (exact) mass is 811 g/mol. The van der Waals surface area contributed by atoms with E-state index in [4.69, 9.17) is 4.42 Å². The van der Waals surface area contributed by atoms with Gasteiger partial charge in [0, 0.05) is 32.9 Å². The van der Waals surface area contributed by atoms with Gasteiger partial charge in [-0.1, -0.05) is 176 Å². The molecule has 0 radical (unpaired) electrons. The Kier molecular flexibility index (Phi) is 7.43. The number of para-hydroxylation sites is 1. The lowest BCUT2D eigenvalue weighted by molar-refractivity contribution is 0.669. The van der Waals surface area contributed by atoms with E-state index < -0.39 is 0 Å². The van der Waals surface area contributed by atoms with Crippen LogP contribution in [0.4, 0.5) is 17.1 Å². The zero-order valence-corrected chi connectivity index (χ0v) is 34.7. The predicted octanol–water partition coefficient (Wildman–Crippen LogP) is 17.9. The summed E-state index contributed by atoms with van der Waals surface area (Å²) in [5.74, 6) is 0. The molecule has 0 saturated carbocycles. The van der Waals surface area contributed by atoms with Crippen molar-refractivity contribution in [2.45, 2.75) is 0 Å². The Labute approximate surface area is 368 Å². The summed E-state index contributed by atoms with van der Waals surface area (Å²) >= 11 is 0. The Morgan fingerprint density at radius 1 is 0.266 bits per heavy atom. The van der Waals surface area contributed by atoms with E-state index in [1.165, 1.54) is 86.5 Å². The number of furan rings is 1. The van der Waals surface area contributed by atoms with Crippen LogP contribution in [-0.2, 0) is 0 Å². The predicted molar refractivity (Wildman–Crippen MR) is 273 cm³/mol. The van der Waals surface area contributed by atoms with Crippen molar-refractivity contribution in [1.82, 2.24) is 0 Å². The molecule has 0 aliphatic rings. The highest BCUT2D eigenvalue weighted by atomic mass is 16.3. The summed E-state index contributed by atoms with van der Waals surface area (Å²) in [5.41, 5.74) is 9.80. The van der Waals surface area contributed by atoms with Gasteiger partial charge in [0.2, 0.25) is 0 Å². The second-order valence-corrected chi connectivity index (χ2v) is 17.2. The molecule has 0 N–H and O–H groups in total. The smallest absolute Gasteiger partial charge is 0.136 e. The maximum atomic E-state index is 6.32. The Bertz CT molecular complexity index is 4180. The molecule has 2 heteroatoms. The summed E-state index contributed by atoms with van der Waals surface area (Å²) in [4.78, 5) is 2.46. The molecule has 13 aromatic carbocycles. The first kappa shape index (κ1) is 35.2. The fourth-order valence-corrected chi connectivity index (χ4v) is 10.9. The molecule has 14 aromatic rings. The number of nitrogens with zero attached hydrogens (tertiary/aromatic N) is 1. The van der Waals surface area contributed by atoms with E-state index >= 15 is 0 Å². The molecule has 64 heavy (non-hydrogen) atoms. The van der Waals surface area contributed by atoms with Crippen molar-refractivity contribution in [3.05, 3.63) is 224 Å². The van der Waals surface area contributed by atoms with Crippen LogP contribution in [0.3, 0.4) is 0 Å². The number of fused-ring (bicyclic) bond motifs is 6. The summed E-state index contributed by atoms with van der Waals surface area (Å²) in [6, 6.07) is 82.6. The topological polar surface area (TPSA) is 16.4 Å².